The Kier molecular flexibility index (Phi) is 11.3. The van der Waals surface area contributed by atoms with Crippen LogP contribution in [0.4, 0.5) is 0 Å². The van der Waals surface area contributed by atoms with Crippen molar-refractivity contribution in [2.45, 2.75) is 13.5 Å². The first-order valence-electron chi connectivity index (χ1n) is 5.12. The maximum atomic E-state index is 11.5. The van der Waals surface area contributed by atoms with Crippen LogP contribution in [0.3, 0.4) is 0 Å². The van der Waals surface area contributed by atoms with Crippen LogP contribution in [0.25, 0.3) is 0 Å². The molecule has 1 aromatic heterocycles. The van der Waals surface area contributed by atoms with Crippen LogP contribution in [-0.4, -0.2) is 35.6 Å². The fraction of sp³-hybridized carbons (Fsp3) is 0.600. The van der Waals surface area contributed by atoms with Crippen LogP contribution in [-0.2, 0) is 11.3 Å². The van der Waals surface area contributed by atoms with Gasteiger partial charge in [0.2, 0.25) is 5.91 Å². The number of carbonyl (C=O) groups excluding carboxylic acids is 1. The molecular formula is C10H20Cl2N4O. The highest BCUT2D eigenvalue weighted by molar-refractivity contribution is 5.85. The molecule has 1 aromatic rings. The number of rotatable bonds is 6. The highest BCUT2D eigenvalue weighted by atomic mass is 35.5. The maximum Gasteiger partial charge on any atom is 0.224 e. The number of hydrogen-bond donors (Lipinski definition) is 2. The van der Waals surface area contributed by atoms with E-state index < -0.39 is 0 Å². The van der Waals surface area contributed by atoms with Crippen LogP contribution in [0.1, 0.15) is 6.92 Å². The molecule has 1 rings (SSSR count). The van der Waals surface area contributed by atoms with Gasteiger partial charge in [-0.2, -0.15) is 0 Å². The monoisotopic (exact) mass is 282 g/mol. The van der Waals surface area contributed by atoms with Crippen LogP contribution in [0.15, 0.2) is 18.7 Å². The molecule has 7 heteroatoms. The molecule has 0 bridgehead atoms. The van der Waals surface area contributed by atoms with E-state index >= 15 is 0 Å². The summed E-state index contributed by atoms with van der Waals surface area (Å²) in [6.45, 7) is 4.02. The van der Waals surface area contributed by atoms with Gasteiger partial charge in [-0.25, -0.2) is 4.98 Å². The first kappa shape index (κ1) is 18.6. The summed E-state index contributed by atoms with van der Waals surface area (Å²) in [6, 6.07) is 0. The molecule has 0 aliphatic rings. The number of hydrogen-bond acceptors (Lipinski definition) is 3. The number of aromatic nitrogens is 2. The summed E-state index contributed by atoms with van der Waals surface area (Å²) in [6.07, 6.45) is 5.35. The highest BCUT2D eigenvalue weighted by Gasteiger charge is 2.10. The van der Waals surface area contributed by atoms with Crippen LogP contribution in [0.5, 0.6) is 0 Å². The lowest BCUT2D eigenvalue weighted by Crippen LogP contribution is -2.35. The smallest absolute Gasteiger partial charge is 0.224 e. The predicted molar refractivity (Wildman–Crippen MR) is 72.8 cm³/mol. The zero-order valence-electron chi connectivity index (χ0n) is 10.0. The van der Waals surface area contributed by atoms with E-state index in [1.165, 1.54) is 0 Å². The van der Waals surface area contributed by atoms with Gasteiger partial charge >= 0.3 is 0 Å². The molecule has 1 heterocycles. The molecule has 5 nitrogen and oxygen atoms in total. The Balaban J connectivity index is 0. The van der Waals surface area contributed by atoms with Crippen LogP contribution in [0.2, 0.25) is 0 Å². The Bertz CT molecular complexity index is 293. The van der Waals surface area contributed by atoms with Crippen molar-refractivity contribution in [2.75, 3.05) is 20.1 Å². The lowest BCUT2D eigenvalue weighted by atomic mass is 10.1. The zero-order valence-corrected chi connectivity index (χ0v) is 11.7. The van der Waals surface area contributed by atoms with Gasteiger partial charge in [0.1, 0.15) is 0 Å². The Labute approximate surface area is 114 Å². The maximum absolute atomic E-state index is 11.5. The van der Waals surface area contributed by atoms with Crippen molar-refractivity contribution in [3.63, 3.8) is 0 Å². The quantitative estimate of drug-likeness (QED) is 0.808. The normalized spacial score (nSPS) is 10.9. The summed E-state index contributed by atoms with van der Waals surface area (Å²) in [5.74, 6) is 0.0993. The Hall–Kier alpha value is -0.780. The second-order valence-corrected chi connectivity index (χ2v) is 3.55. The third kappa shape index (κ3) is 7.20. The third-order valence-corrected chi connectivity index (χ3v) is 2.19. The van der Waals surface area contributed by atoms with Crippen molar-refractivity contribution < 1.29 is 4.79 Å². The topological polar surface area (TPSA) is 59.0 Å². The zero-order chi connectivity index (χ0) is 11.1. The van der Waals surface area contributed by atoms with Gasteiger partial charge in [-0.1, -0.05) is 6.92 Å². The van der Waals surface area contributed by atoms with Gasteiger partial charge in [0.05, 0.1) is 6.33 Å². The summed E-state index contributed by atoms with van der Waals surface area (Å²) in [5, 5.41) is 5.85. The summed E-state index contributed by atoms with van der Waals surface area (Å²) in [7, 11) is 1.84. The Morgan fingerprint density at radius 1 is 1.47 bits per heavy atom. The van der Waals surface area contributed by atoms with Gasteiger partial charge in [0.15, 0.2) is 0 Å². The van der Waals surface area contributed by atoms with E-state index in [-0.39, 0.29) is 36.6 Å². The van der Waals surface area contributed by atoms with Gasteiger partial charge in [-0.05, 0) is 7.05 Å². The van der Waals surface area contributed by atoms with Crippen molar-refractivity contribution in [3.8, 4) is 0 Å². The minimum absolute atomic E-state index is 0. The second-order valence-electron chi connectivity index (χ2n) is 3.55. The van der Waals surface area contributed by atoms with Gasteiger partial charge in [0, 0.05) is 37.9 Å². The molecular weight excluding hydrogens is 263 g/mol. The predicted octanol–water partition coefficient (Wildman–Crippen LogP) is 0.698. The van der Waals surface area contributed by atoms with Crippen molar-refractivity contribution >= 4 is 30.7 Å². The molecule has 1 atom stereocenters. The highest BCUT2D eigenvalue weighted by Crippen LogP contribution is 1.91. The molecule has 100 valence electrons. The molecule has 0 spiro atoms. The molecule has 0 aromatic carbocycles. The molecule has 1 unspecified atom stereocenters. The van der Waals surface area contributed by atoms with E-state index in [4.69, 9.17) is 0 Å². The number of imidazole rings is 1. The molecule has 0 saturated heterocycles. The first-order chi connectivity index (χ1) is 7.24. The number of amides is 1. The van der Waals surface area contributed by atoms with Crippen LogP contribution in [0, 0.1) is 5.92 Å². The lowest BCUT2D eigenvalue weighted by Gasteiger charge is -2.11. The fourth-order valence-electron chi connectivity index (χ4n) is 1.30. The minimum Gasteiger partial charge on any atom is -0.354 e. The van der Waals surface area contributed by atoms with E-state index in [1.54, 1.807) is 12.5 Å². The van der Waals surface area contributed by atoms with Crippen molar-refractivity contribution in [1.29, 1.82) is 0 Å². The molecule has 0 radical (unpaired) electrons. The van der Waals surface area contributed by atoms with Crippen molar-refractivity contribution in [2.24, 2.45) is 5.92 Å². The summed E-state index contributed by atoms with van der Waals surface area (Å²) in [5.41, 5.74) is 0. The third-order valence-electron chi connectivity index (χ3n) is 2.19. The average Bonchev–Trinajstić information content (AvgIpc) is 2.71. The van der Waals surface area contributed by atoms with E-state index in [0.717, 1.165) is 6.54 Å². The van der Waals surface area contributed by atoms with Gasteiger partial charge < -0.3 is 15.2 Å². The first-order valence-corrected chi connectivity index (χ1v) is 5.12. The molecule has 2 N–H and O–H groups in total. The molecule has 1 amide bonds. The van der Waals surface area contributed by atoms with Crippen LogP contribution >= 0.6 is 24.8 Å². The largest absolute Gasteiger partial charge is 0.354 e. The SMILES string of the molecule is CNCC(C)C(=O)NCCn1ccnc1.Cl.Cl. The van der Waals surface area contributed by atoms with Crippen molar-refractivity contribution in [1.82, 2.24) is 20.2 Å². The number of nitrogens with one attached hydrogen (secondary N) is 2. The van der Waals surface area contributed by atoms with Crippen LogP contribution < -0.4 is 10.6 Å². The molecule has 0 aliphatic carbocycles. The molecule has 0 aliphatic heterocycles. The molecule has 0 fully saturated rings. The van der Waals surface area contributed by atoms with E-state index in [0.29, 0.717) is 13.1 Å². The number of halogens is 2. The minimum atomic E-state index is 0. The van der Waals surface area contributed by atoms with Gasteiger partial charge in [-0.15, -0.1) is 24.8 Å². The van der Waals surface area contributed by atoms with E-state index in [9.17, 15) is 4.79 Å². The van der Waals surface area contributed by atoms with Crippen molar-refractivity contribution in [3.05, 3.63) is 18.7 Å². The lowest BCUT2D eigenvalue weighted by molar-refractivity contribution is -0.124. The Morgan fingerprint density at radius 3 is 2.71 bits per heavy atom. The van der Waals surface area contributed by atoms with E-state index in [2.05, 4.69) is 15.6 Å². The average molecular weight is 283 g/mol. The van der Waals surface area contributed by atoms with Gasteiger partial charge in [-0.3, -0.25) is 4.79 Å². The second kappa shape index (κ2) is 10.4. The summed E-state index contributed by atoms with van der Waals surface area (Å²) >= 11 is 0. The number of nitrogens with zero attached hydrogens (tertiary/aromatic N) is 2. The summed E-state index contributed by atoms with van der Waals surface area (Å²) < 4.78 is 1.93. The Morgan fingerprint density at radius 2 is 2.18 bits per heavy atom. The fourth-order valence-corrected chi connectivity index (χ4v) is 1.30. The number of carbonyl (C=O) groups is 1. The van der Waals surface area contributed by atoms with Gasteiger partial charge in [0.25, 0.3) is 0 Å². The molecule has 0 saturated carbocycles. The van der Waals surface area contributed by atoms with E-state index in [1.807, 2.05) is 24.7 Å². The summed E-state index contributed by atoms with van der Waals surface area (Å²) in [4.78, 5) is 15.4. The molecule has 17 heavy (non-hydrogen) atoms. The standard InChI is InChI=1S/C10H18N4O.2ClH/c1-9(7-11-2)10(15)13-4-6-14-5-3-12-8-14;;/h3,5,8-9,11H,4,6-7H2,1-2H3,(H,13,15);2*1H.